The van der Waals surface area contributed by atoms with Crippen molar-refractivity contribution in [2.75, 3.05) is 5.32 Å². The van der Waals surface area contributed by atoms with Crippen LogP contribution in [0.3, 0.4) is 0 Å². The van der Waals surface area contributed by atoms with Crippen molar-refractivity contribution in [2.45, 2.75) is 87.6 Å². The summed E-state index contributed by atoms with van der Waals surface area (Å²) in [5, 5.41) is 12.9. The minimum Gasteiger partial charge on any atom is -0.478 e. The van der Waals surface area contributed by atoms with Crippen LogP contribution in [0.15, 0.2) is 23.1 Å². The molecular formula is C20H30N2O4S. The van der Waals surface area contributed by atoms with Crippen molar-refractivity contribution in [3.8, 4) is 0 Å². The Bertz CT molecular complexity index is 749. The van der Waals surface area contributed by atoms with Gasteiger partial charge in [0.05, 0.1) is 10.5 Å². The number of carboxylic acids is 1. The Kier molecular flexibility index (Phi) is 6.76. The van der Waals surface area contributed by atoms with Crippen molar-refractivity contribution in [1.29, 1.82) is 0 Å². The fourth-order valence-corrected chi connectivity index (χ4v) is 5.48. The van der Waals surface area contributed by atoms with Crippen molar-refractivity contribution in [1.82, 2.24) is 4.72 Å². The molecule has 2 saturated carbocycles. The van der Waals surface area contributed by atoms with Crippen LogP contribution in [-0.2, 0) is 10.0 Å². The van der Waals surface area contributed by atoms with Crippen LogP contribution < -0.4 is 10.0 Å². The Morgan fingerprint density at radius 2 is 1.44 bits per heavy atom. The van der Waals surface area contributed by atoms with Gasteiger partial charge in [0.1, 0.15) is 0 Å². The first-order chi connectivity index (χ1) is 13.0. The SMILES string of the molecule is O=C(O)c1cc(S(=O)(=O)NC2CCCCCC2)ccc1NC1CCCCC1. The van der Waals surface area contributed by atoms with Crippen molar-refractivity contribution < 1.29 is 18.3 Å². The number of carbonyl (C=O) groups is 1. The zero-order valence-corrected chi connectivity index (χ0v) is 16.6. The molecule has 1 aromatic rings. The lowest BCUT2D eigenvalue weighted by Gasteiger charge is -2.25. The van der Waals surface area contributed by atoms with E-state index in [-0.39, 0.29) is 22.5 Å². The lowest BCUT2D eigenvalue weighted by molar-refractivity contribution is 0.0697. The van der Waals surface area contributed by atoms with Gasteiger partial charge in [-0.2, -0.15) is 0 Å². The zero-order chi connectivity index (χ0) is 19.3. The van der Waals surface area contributed by atoms with Gasteiger partial charge in [-0.1, -0.05) is 44.9 Å². The first-order valence-electron chi connectivity index (χ1n) is 10.1. The van der Waals surface area contributed by atoms with E-state index < -0.39 is 16.0 Å². The summed E-state index contributed by atoms with van der Waals surface area (Å²) in [6.45, 7) is 0. The van der Waals surface area contributed by atoms with Crippen LogP contribution in [0, 0.1) is 0 Å². The Morgan fingerprint density at radius 3 is 2.04 bits per heavy atom. The summed E-state index contributed by atoms with van der Waals surface area (Å²) in [7, 11) is -3.72. The highest BCUT2D eigenvalue weighted by molar-refractivity contribution is 7.89. The number of anilines is 1. The largest absolute Gasteiger partial charge is 0.478 e. The number of hydrogen-bond donors (Lipinski definition) is 3. The zero-order valence-electron chi connectivity index (χ0n) is 15.7. The van der Waals surface area contributed by atoms with E-state index in [9.17, 15) is 18.3 Å². The first kappa shape index (κ1) is 20.1. The Morgan fingerprint density at radius 1 is 0.889 bits per heavy atom. The van der Waals surface area contributed by atoms with E-state index in [0.717, 1.165) is 64.2 Å². The third kappa shape index (κ3) is 5.45. The van der Waals surface area contributed by atoms with E-state index in [1.165, 1.54) is 18.6 Å². The molecule has 6 nitrogen and oxygen atoms in total. The molecule has 1 aromatic carbocycles. The van der Waals surface area contributed by atoms with Crippen LogP contribution >= 0.6 is 0 Å². The molecule has 3 N–H and O–H groups in total. The number of carboxylic acid groups (broad SMARTS) is 1. The summed E-state index contributed by atoms with van der Waals surface area (Å²) in [5.41, 5.74) is 0.520. The molecule has 2 aliphatic rings. The quantitative estimate of drug-likeness (QED) is 0.631. The highest BCUT2D eigenvalue weighted by Crippen LogP contribution is 2.27. The molecule has 27 heavy (non-hydrogen) atoms. The van der Waals surface area contributed by atoms with Crippen LogP contribution in [0.4, 0.5) is 5.69 Å². The second kappa shape index (κ2) is 9.06. The number of rotatable bonds is 6. The molecule has 0 saturated heterocycles. The van der Waals surface area contributed by atoms with E-state index >= 15 is 0 Å². The molecule has 150 valence electrons. The molecule has 0 unspecified atom stereocenters. The molecule has 2 fully saturated rings. The molecule has 2 aliphatic carbocycles. The third-order valence-corrected chi connectivity index (χ3v) is 7.19. The van der Waals surface area contributed by atoms with Gasteiger partial charge in [-0.3, -0.25) is 0 Å². The smallest absolute Gasteiger partial charge is 0.337 e. The minimum atomic E-state index is -3.72. The average Bonchev–Trinajstić information content (AvgIpc) is 2.90. The van der Waals surface area contributed by atoms with Gasteiger partial charge in [-0.05, 0) is 43.9 Å². The van der Waals surface area contributed by atoms with Crippen LogP contribution in [-0.4, -0.2) is 31.6 Å². The molecule has 0 spiro atoms. The molecule has 0 amide bonds. The highest BCUT2D eigenvalue weighted by Gasteiger charge is 2.24. The number of aromatic carboxylic acids is 1. The number of sulfonamides is 1. The van der Waals surface area contributed by atoms with E-state index in [1.807, 2.05) is 0 Å². The maximum absolute atomic E-state index is 12.8. The first-order valence-corrected chi connectivity index (χ1v) is 11.6. The monoisotopic (exact) mass is 394 g/mol. The second-order valence-electron chi connectivity index (χ2n) is 7.80. The Balaban J connectivity index is 1.78. The second-order valence-corrected chi connectivity index (χ2v) is 9.52. The Hall–Kier alpha value is -1.60. The topological polar surface area (TPSA) is 95.5 Å². The molecule has 3 rings (SSSR count). The van der Waals surface area contributed by atoms with E-state index in [0.29, 0.717) is 5.69 Å². The van der Waals surface area contributed by atoms with Gasteiger partial charge in [0.15, 0.2) is 0 Å². The fourth-order valence-electron chi connectivity index (χ4n) is 4.14. The maximum atomic E-state index is 12.8. The van der Waals surface area contributed by atoms with Crippen LogP contribution in [0.2, 0.25) is 0 Å². The van der Waals surface area contributed by atoms with Gasteiger partial charge in [0.2, 0.25) is 10.0 Å². The maximum Gasteiger partial charge on any atom is 0.337 e. The lowest BCUT2D eigenvalue weighted by Crippen LogP contribution is -2.34. The van der Waals surface area contributed by atoms with Gasteiger partial charge in [-0.15, -0.1) is 0 Å². The van der Waals surface area contributed by atoms with Gasteiger partial charge in [-0.25, -0.2) is 17.9 Å². The third-order valence-electron chi connectivity index (χ3n) is 5.67. The average molecular weight is 395 g/mol. The predicted octanol–water partition coefficient (Wildman–Crippen LogP) is 4.13. The molecule has 0 aliphatic heterocycles. The highest BCUT2D eigenvalue weighted by atomic mass is 32.2. The Labute approximate surface area is 161 Å². The summed E-state index contributed by atoms with van der Waals surface area (Å²) in [5.74, 6) is -1.11. The molecule has 0 radical (unpaired) electrons. The molecule has 0 atom stereocenters. The van der Waals surface area contributed by atoms with Crippen LogP contribution in [0.1, 0.15) is 81.0 Å². The van der Waals surface area contributed by atoms with Crippen molar-refractivity contribution in [3.63, 3.8) is 0 Å². The standard InChI is InChI=1S/C20H30N2O4S/c23-20(24)18-14-17(12-13-19(18)21-15-8-6-3-7-9-15)27(25,26)22-16-10-4-1-2-5-11-16/h12-16,21-22H,1-11H2,(H,23,24). The molecule has 0 aromatic heterocycles. The van der Waals surface area contributed by atoms with Gasteiger partial charge in [0.25, 0.3) is 0 Å². The van der Waals surface area contributed by atoms with Crippen LogP contribution in [0.25, 0.3) is 0 Å². The normalized spacial score (nSPS) is 20.1. The molecule has 0 heterocycles. The van der Waals surface area contributed by atoms with E-state index in [4.69, 9.17) is 0 Å². The summed E-state index contributed by atoms with van der Waals surface area (Å²) in [6, 6.07) is 4.58. The van der Waals surface area contributed by atoms with Crippen molar-refractivity contribution in [3.05, 3.63) is 23.8 Å². The molecular weight excluding hydrogens is 364 g/mol. The van der Waals surface area contributed by atoms with E-state index in [2.05, 4.69) is 10.0 Å². The fraction of sp³-hybridized carbons (Fsp3) is 0.650. The van der Waals surface area contributed by atoms with Crippen LogP contribution in [0.5, 0.6) is 0 Å². The van der Waals surface area contributed by atoms with Crippen molar-refractivity contribution in [2.24, 2.45) is 0 Å². The predicted molar refractivity (Wildman–Crippen MR) is 106 cm³/mol. The van der Waals surface area contributed by atoms with Gasteiger partial charge >= 0.3 is 5.97 Å². The number of nitrogens with one attached hydrogen (secondary N) is 2. The van der Waals surface area contributed by atoms with Gasteiger partial charge < -0.3 is 10.4 Å². The van der Waals surface area contributed by atoms with E-state index in [1.54, 1.807) is 6.07 Å². The lowest BCUT2D eigenvalue weighted by atomic mass is 9.95. The number of hydrogen-bond acceptors (Lipinski definition) is 4. The van der Waals surface area contributed by atoms with Crippen molar-refractivity contribution >= 4 is 21.7 Å². The van der Waals surface area contributed by atoms with Gasteiger partial charge in [0, 0.05) is 17.8 Å². The number of benzene rings is 1. The summed E-state index contributed by atoms with van der Waals surface area (Å²) in [6.07, 6.45) is 11.5. The molecule has 7 heteroatoms. The summed E-state index contributed by atoms with van der Waals surface area (Å²) < 4.78 is 28.3. The minimum absolute atomic E-state index is 0.0179. The summed E-state index contributed by atoms with van der Waals surface area (Å²) >= 11 is 0. The molecule has 0 bridgehead atoms. The summed E-state index contributed by atoms with van der Waals surface area (Å²) in [4.78, 5) is 11.7.